The van der Waals surface area contributed by atoms with E-state index in [1.54, 1.807) is 0 Å². The second-order valence-electron chi connectivity index (χ2n) is 25.2. The first-order valence-corrected chi connectivity index (χ1v) is 39.2. The van der Waals surface area contributed by atoms with E-state index in [4.69, 9.17) is 37.0 Å². The van der Waals surface area contributed by atoms with Gasteiger partial charge in [0, 0.05) is 25.7 Å². The molecule has 19 heteroatoms. The molecule has 0 radical (unpaired) electrons. The lowest BCUT2D eigenvalue weighted by molar-refractivity contribution is -0.161. The number of phosphoric acid groups is 2. The first-order chi connectivity index (χ1) is 42.6. The van der Waals surface area contributed by atoms with Gasteiger partial charge in [0.25, 0.3) is 0 Å². The Morgan fingerprint density at radius 2 is 0.545 bits per heavy atom. The number of aliphatic hydroxyl groups excluding tert-OH is 1. The van der Waals surface area contributed by atoms with Gasteiger partial charge in [0.2, 0.25) is 0 Å². The molecule has 88 heavy (non-hydrogen) atoms. The summed E-state index contributed by atoms with van der Waals surface area (Å²) < 4.78 is 68.2. The Labute approximate surface area is 537 Å². The van der Waals surface area contributed by atoms with E-state index in [-0.39, 0.29) is 25.7 Å². The molecule has 0 aromatic carbocycles. The van der Waals surface area contributed by atoms with E-state index < -0.39 is 97.5 Å². The molecule has 0 aromatic heterocycles. The molecule has 0 fully saturated rings. The average molecular weight is 1300 g/mol. The largest absolute Gasteiger partial charge is 0.472 e. The summed E-state index contributed by atoms with van der Waals surface area (Å²) in [5.74, 6) is -1.32. The van der Waals surface area contributed by atoms with Gasteiger partial charge in [-0.05, 0) is 31.6 Å². The summed E-state index contributed by atoms with van der Waals surface area (Å²) in [6, 6.07) is 0. The van der Waals surface area contributed by atoms with E-state index >= 15 is 0 Å². The van der Waals surface area contributed by atoms with Gasteiger partial charge >= 0.3 is 39.5 Å². The lowest BCUT2D eigenvalue weighted by Crippen LogP contribution is -2.30. The van der Waals surface area contributed by atoms with Crippen LogP contribution in [0, 0.1) is 5.92 Å². The van der Waals surface area contributed by atoms with Gasteiger partial charge < -0.3 is 33.8 Å². The van der Waals surface area contributed by atoms with E-state index in [9.17, 15) is 43.2 Å². The van der Waals surface area contributed by atoms with Gasteiger partial charge in [-0.2, -0.15) is 0 Å². The topological polar surface area (TPSA) is 237 Å². The van der Waals surface area contributed by atoms with Gasteiger partial charge in [-0.15, -0.1) is 0 Å². The number of hydrogen-bond donors (Lipinski definition) is 3. The lowest BCUT2D eigenvalue weighted by atomic mass is 9.99. The standard InChI is InChI=1S/C69H134O17P2/c1-6-10-13-16-19-22-24-26-27-29-33-38-43-48-53-67(72)80-59-65(86-69(74)55-50-45-40-35-31-30-32-36-41-46-51-62(5)9-4)61-84-88(77,78)82-57-63(70)56-81-87(75,76)83-60-64(58-79-66(71)52-47-42-37-21-18-15-12-8-3)85-68(73)54-49-44-39-34-28-25-23-20-17-14-11-7-2/h62-65,70H,6-61H2,1-5H3,(H,75,76)(H,77,78)/t62?,63-,64+,65+/m0/s1. The fourth-order valence-electron chi connectivity index (χ4n) is 10.4. The molecule has 0 aromatic rings. The molecule has 0 saturated heterocycles. The van der Waals surface area contributed by atoms with Gasteiger partial charge in [0.15, 0.2) is 12.2 Å². The van der Waals surface area contributed by atoms with Crippen molar-refractivity contribution in [1.29, 1.82) is 0 Å². The summed E-state index contributed by atoms with van der Waals surface area (Å²) in [6.45, 7) is 7.24. The maximum atomic E-state index is 13.0. The molecule has 3 N–H and O–H groups in total. The Kier molecular flexibility index (Phi) is 61.1. The highest BCUT2D eigenvalue weighted by atomic mass is 31.2. The Morgan fingerprint density at radius 1 is 0.318 bits per heavy atom. The van der Waals surface area contributed by atoms with E-state index in [0.717, 1.165) is 102 Å². The van der Waals surface area contributed by atoms with Crippen LogP contribution in [0.3, 0.4) is 0 Å². The highest BCUT2D eigenvalue weighted by Gasteiger charge is 2.30. The van der Waals surface area contributed by atoms with E-state index in [0.29, 0.717) is 25.7 Å². The van der Waals surface area contributed by atoms with Crippen LogP contribution in [0.15, 0.2) is 0 Å². The Morgan fingerprint density at radius 3 is 0.807 bits per heavy atom. The summed E-state index contributed by atoms with van der Waals surface area (Å²) in [5.41, 5.74) is 0. The zero-order valence-electron chi connectivity index (χ0n) is 56.9. The molecule has 3 unspecified atom stereocenters. The highest BCUT2D eigenvalue weighted by molar-refractivity contribution is 7.47. The number of carbonyl (C=O) groups is 4. The molecule has 522 valence electrons. The summed E-state index contributed by atoms with van der Waals surface area (Å²) in [5, 5.41) is 10.6. The second-order valence-corrected chi connectivity index (χ2v) is 28.1. The van der Waals surface area contributed by atoms with Crippen molar-refractivity contribution < 1.29 is 80.2 Å². The third kappa shape index (κ3) is 61.6. The fraction of sp³-hybridized carbons (Fsp3) is 0.942. The van der Waals surface area contributed by atoms with Crippen molar-refractivity contribution in [3.05, 3.63) is 0 Å². The quantitative estimate of drug-likeness (QED) is 0.0222. The highest BCUT2D eigenvalue weighted by Crippen LogP contribution is 2.45. The van der Waals surface area contributed by atoms with Crippen LogP contribution in [0.25, 0.3) is 0 Å². The van der Waals surface area contributed by atoms with Crippen LogP contribution in [-0.4, -0.2) is 96.7 Å². The number of hydrogen-bond acceptors (Lipinski definition) is 15. The summed E-state index contributed by atoms with van der Waals surface area (Å²) >= 11 is 0. The maximum absolute atomic E-state index is 13.0. The third-order valence-corrected chi connectivity index (χ3v) is 18.3. The molecule has 0 aliphatic rings. The first kappa shape index (κ1) is 86.1. The number of phosphoric ester groups is 2. The SMILES string of the molecule is CCCCCCCCCCCCCCCCC(=O)OC[C@H](COP(=O)(O)OC[C@@H](O)COP(=O)(O)OC[C@@H](COC(=O)CCCCCCCCCC)OC(=O)CCCCCCCCCCCCCC)OC(=O)CCCCCCCCCCCCC(C)CC. The molecule has 17 nitrogen and oxygen atoms in total. The molecular formula is C69H134O17P2. The molecule has 6 atom stereocenters. The molecule has 0 saturated carbocycles. The smallest absolute Gasteiger partial charge is 0.462 e. The predicted octanol–water partition coefficient (Wildman–Crippen LogP) is 19.7. The predicted molar refractivity (Wildman–Crippen MR) is 354 cm³/mol. The zero-order chi connectivity index (χ0) is 64.9. The lowest BCUT2D eigenvalue weighted by Gasteiger charge is -2.21. The molecule has 0 heterocycles. The van der Waals surface area contributed by atoms with E-state index in [2.05, 4.69) is 34.6 Å². The second kappa shape index (κ2) is 62.5. The van der Waals surface area contributed by atoms with Crippen molar-refractivity contribution in [2.75, 3.05) is 39.6 Å². The Hall–Kier alpha value is -1.94. The van der Waals surface area contributed by atoms with E-state index in [1.165, 1.54) is 173 Å². The minimum Gasteiger partial charge on any atom is -0.462 e. The molecule has 0 amide bonds. The molecule has 0 spiro atoms. The minimum atomic E-state index is -4.95. The minimum absolute atomic E-state index is 0.107. The van der Waals surface area contributed by atoms with Crippen LogP contribution in [-0.2, 0) is 65.4 Å². The number of aliphatic hydroxyl groups is 1. The number of rotatable bonds is 69. The van der Waals surface area contributed by atoms with Crippen molar-refractivity contribution in [1.82, 2.24) is 0 Å². The molecule has 0 aliphatic carbocycles. The first-order valence-electron chi connectivity index (χ1n) is 36.2. The summed E-state index contributed by atoms with van der Waals surface area (Å²) in [6.07, 6.45) is 48.4. The van der Waals surface area contributed by atoms with Crippen LogP contribution in [0.5, 0.6) is 0 Å². The van der Waals surface area contributed by atoms with Crippen LogP contribution in [0.4, 0.5) is 0 Å². The summed E-state index contributed by atoms with van der Waals surface area (Å²) in [4.78, 5) is 72.4. The number of esters is 4. The summed E-state index contributed by atoms with van der Waals surface area (Å²) in [7, 11) is -9.89. The number of unbranched alkanes of at least 4 members (excludes halogenated alkanes) is 40. The number of ether oxygens (including phenoxy) is 4. The van der Waals surface area contributed by atoms with Gasteiger partial charge in [-0.25, -0.2) is 9.13 Å². The van der Waals surface area contributed by atoms with Gasteiger partial charge in [-0.1, -0.05) is 304 Å². The zero-order valence-corrected chi connectivity index (χ0v) is 58.6. The van der Waals surface area contributed by atoms with Crippen molar-refractivity contribution in [3.63, 3.8) is 0 Å². The van der Waals surface area contributed by atoms with Gasteiger partial charge in [0.1, 0.15) is 19.3 Å². The Bertz CT molecular complexity index is 1710. The molecule has 0 bridgehead atoms. The van der Waals surface area contributed by atoms with Crippen molar-refractivity contribution in [3.8, 4) is 0 Å². The Balaban J connectivity index is 5.23. The van der Waals surface area contributed by atoms with Crippen molar-refractivity contribution >= 4 is 39.5 Å². The molecule has 0 aliphatic heterocycles. The van der Waals surface area contributed by atoms with Crippen LogP contribution < -0.4 is 0 Å². The third-order valence-electron chi connectivity index (χ3n) is 16.4. The van der Waals surface area contributed by atoms with Crippen LogP contribution >= 0.6 is 15.6 Å². The van der Waals surface area contributed by atoms with E-state index in [1.807, 2.05) is 0 Å². The average Bonchev–Trinajstić information content (AvgIpc) is 3.62. The monoisotopic (exact) mass is 1300 g/mol. The number of carbonyl (C=O) groups excluding carboxylic acids is 4. The molecule has 0 rings (SSSR count). The van der Waals surface area contributed by atoms with Crippen molar-refractivity contribution in [2.24, 2.45) is 5.92 Å². The fourth-order valence-corrected chi connectivity index (χ4v) is 12.0. The van der Waals surface area contributed by atoms with Gasteiger partial charge in [-0.3, -0.25) is 37.3 Å². The molecular weight excluding hydrogens is 1160 g/mol. The van der Waals surface area contributed by atoms with Crippen LogP contribution in [0.1, 0.15) is 356 Å². The van der Waals surface area contributed by atoms with Gasteiger partial charge in [0.05, 0.1) is 26.4 Å². The maximum Gasteiger partial charge on any atom is 0.472 e. The van der Waals surface area contributed by atoms with Crippen molar-refractivity contribution in [2.45, 2.75) is 374 Å². The normalized spacial score (nSPS) is 14.4. The van der Waals surface area contributed by atoms with Crippen LogP contribution in [0.2, 0.25) is 0 Å².